The van der Waals surface area contributed by atoms with Crippen LogP contribution < -0.4 is 5.32 Å². The summed E-state index contributed by atoms with van der Waals surface area (Å²) in [6, 6.07) is 16.3. The summed E-state index contributed by atoms with van der Waals surface area (Å²) in [5.74, 6) is -0.719. The van der Waals surface area contributed by atoms with Gasteiger partial charge in [0.05, 0.1) is 0 Å². The Balaban J connectivity index is 2.18. The molecular weight excluding hydrogens is 350 g/mol. The van der Waals surface area contributed by atoms with Gasteiger partial charge in [0.1, 0.15) is 11.6 Å². The number of esters is 1. The molecule has 150 valence electrons. The average molecular weight is 382 g/mol. The molecule has 0 spiro atoms. The Bertz CT molecular complexity index is 796. The van der Waals surface area contributed by atoms with Gasteiger partial charge in [-0.05, 0) is 49.4 Å². The minimum Gasteiger partial charge on any atom is -0.458 e. The Labute approximate surface area is 168 Å². The second-order valence-corrected chi connectivity index (χ2v) is 9.08. The Morgan fingerprint density at radius 3 is 1.96 bits per heavy atom. The molecule has 0 saturated carbocycles. The van der Waals surface area contributed by atoms with Gasteiger partial charge in [0, 0.05) is 12.0 Å². The zero-order chi connectivity index (χ0) is 20.9. The molecule has 0 fully saturated rings. The molecule has 0 bridgehead atoms. The van der Waals surface area contributed by atoms with Crippen LogP contribution in [0, 0.1) is 0 Å². The largest absolute Gasteiger partial charge is 0.458 e. The van der Waals surface area contributed by atoms with E-state index in [4.69, 9.17) is 4.74 Å². The maximum absolute atomic E-state index is 12.8. The van der Waals surface area contributed by atoms with Gasteiger partial charge in [-0.3, -0.25) is 4.79 Å². The average Bonchev–Trinajstić information content (AvgIpc) is 2.60. The van der Waals surface area contributed by atoms with Crippen molar-refractivity contribution in [3.05, 3.63) is 71.3 Å². The van der Waals surface area contributed by atoms with Crippen molar-refractivity contribution < 1.29 is 14.3 Å². The van der Waals surface area contributed by atoms with E-state index < -0.39 is 17.6 Å². The number of hydrogen-bond donors (Lipinski definition) is 1. The first-order valence-corrected chi connectivity index (χ1v) is 9.64. The number of ether oxygens (including phenoxy) is 1. The van der Waals surface area contributed by atoms with Gasteiger partial charge in [-0.25, -0.2) is 4.79 Å². The van der Waals surface area contributed by atoms with Crippen molar-refractivity contribution in [3.63, 3.8) is 0 Å². The second kappa shape index (κ2) is 8.59. The summed E-state index contributed by atoms with van der Waals surface area (Å²) < 4.78 is 5.52. The van der Waals surface area contributed by atoms with Gasteiger partial charge in [-0.15, -0.1) is 0 Å². The van der Waals surface area contributed by atoms with E-state index >= 15 is 0 Å². The summed E-state index contributed by atoms with van der Waals surface area (Å²) in [4.78, 5) is 25.4. The monoisotopic (exact) mass is 381 g/mol. The van der Waals surface area contributed by atoms with E-state index in [1.54, 1.807) is 12.1 Å². The van der Waals surface area contributed by atoms with Gasteiger partial charge >= 0.3 is 5.97 Å². The molecule has 28 heavy (non-hydrogen) atoms. The van der Waals surface area contributed by atoms with E-state index in [1.165, 1.54) is 0 Å². The third-order valence-corrected chi connectivity index (χ3v) is 4.29. The SMILES string of the molecule is CC(C)(C)OC(=O)[C@H](Cc1ccccc1)NC(=O)c1ccc(C(C)(C)C)cc1. The minimum atomic E-state index is -0.753. The van der Waals surface area contributed by atoms with Crippen LogP contribution in [0.2, 0.25) is 0 Å². The fourth-order valence-corrected chi connectivity index (χ4v) is 2.78. The predicted molar refractivity (Wildman–Crippen MR) is 112 cm³/mol. The molecule has 2 rings (SSSR count). The zero-order valence-electron chi connectivity index (χ0n) is 17.7. The summed E-state index contributed by atoms with van der Waals surface area (Å²) in [6.07, 6.45) is 0.377. The summed E-state index contributed by atoms with van der Waals surface area (Å²) in [6.45, 7) is 11.8. The molecule has 2 aromatic rings. The number of hydrogen-bond acceptors (Lipinski definition) is 3. The third-order valence-electron chi connectivity index (χ3n) is 4.29. The van der Waals surface area contributed by atoms with Crippen molar-refractivity contribution in [3.8, 4) is 0 Å². The van der Waals surface area contributed by atoms with Crippen LogP contribution in [-0.2, 0) is 21.4 Å². The molecule has 0 unspecified atom stereocenters. The van der Waals surface area contributed by atoms with Crippen LogP contribution in [0.4, 0.5) is 0 Å². The Kier molecular flexibility index (Phi) is 6.65. The molecule has 1 N–H and O–H groups in total. The van der Waals surface area contributed by atoms with E-state index in [9.17, 15) is 9.59 Å². The number of nitrogens with one attached hydrogen (secondary N) is 1. The highest BCUT2D eigenvalue weighted by Gasteiger charge is 2.27. The fourth-order valence-electron chi connectivity index (χ4n) is 2.78. The Morgan fingerprint density at radius 1 is 0.893 bits per heavy atom. The quantitative estimate of drug-likeness (QED) is 0.766. The van der Waals surface area contributed by atoms with Crippen LogP contribution in [-0.4, -0.2) is 23.5 Å². The van der Waals surface area contributed by atoms with Gasteiger partial charge in [-0.1, -0.05) is 63.2 Å². The number of carbonyl (C=O) groups is 2. The molecule has 0 aliphatic rings. The molecule has 2 aromatic carbocycles. The van der Waals surface area contributed by atoms with Crippen LogP contribution in [0.1, 0.15) is 63.0 Å². The third kappa shape index (κ3) is 6.52. The van der Waals surface area contributed by atoms with Crippen LogP contribution in [0.3, 0.4) is 0 Å². The Morgan fingerprint density at radius 2 is 1.46 bits per heavy atom. The van der Waals surface area contributed by atoms with Gasteiger partial charge in [0.2, 0.25) is 0 Å². The standard InChI is InChI=1S/C24H31NO3/c1-23(2,3)19-14-12-18(13-15-19)21(26)25-20(22(27)28-24(4,5)6)16-17-10-8-7-9-11-17/h7-15,20H,16H2,1-6H3,(H,25,26)/t20-/m0/s1. The van der Waals surface area contributed by atoms with Crippen molar-refractivity contribution in [1.29, 1.82) is 0 Å². The highest BCUT2D eigenvalue weighted by molar-refractivity contribution is 5.97. The van der Waals surface area contributed by atoms with Crippen LogP contribution >= 0.6 is 0 Å². The van der Waals surface area contributed by atoms with Crippen LogP contribution in [0.5, 0.6) is 0 Å². The van der Waals surface area contributed by atoms with Gasteiger partial charge in [0.15, 0.2) is 0 Å². The predicted octanol–water partition coefficient (Wildman–Crippen LogP) is 4.67. The number of rotatable bonds is 5. The molecule has 0 heterocycles. The summed E-state index contributed by atoms with van der Waals surface area (Å²) in [5.41, 5.74) is 2.03. The van der Waals surface area contributed by atoms with Crippen molar-refractivity contribution in [2.24, 2.45) is 0 Å². The lowest BCUT2D eigenvalue weighted by atomic mass is 9.86. The Hall–Kier alpha value is -2.62. The lowest BCUT2D eigenvalue weighted by Gasteiger charge is -2.25. The minimum absolute atomic E-state index is 0.0152. The number of carbonyl (C=O) groups excluding carboxylic acids is 2. The summed E-state index contributed by atoms with van der Waals surface area (Å²) >= 11 is 0. The molecular formula is C24H31NO3. The molecule has 1 atom stereocenters. The number of amides is 1. The van der Waals surface area contributed by atoms with E-state index in [0.717, 1.165) is 11.1 Å². The van der Waals surface area contributed by atoms with Crippen LogP contribution in [0.25, 0.3) is 0 Å². The normalized spacial score (nSPS) is 12.9. The fraction of sp³-hybridized carbons (Fsp3) is 0.417. The first kappa shape index (κ1) is 21.7. The van der Waals surface area contributed by atoms with Crippen molar-refractivity contribution in [2.45, 2.75) is 65.0 Å². The molecule has 1 amide bonds. The zero-order valence-corrected chi connectivity index (χ0v) is 17.7. The molecule has 0 aliphatic heterocycles. The summed E-state index contributed by atoms with van der Waals surface area (Å²) in [7, 11) is 0. The van der Waals surface area contributed by atoms with E-state index in [2.05, 4.69) is 26.1 Å². The van der Waals surface area contributed by atoms with Gasteiger partial charge < -0.3 is 10.1 Å². The number of benzene rings is 2. The van der Waals surface area contributed by atoms with E-state index in [0.29, 0.717) is 12.0 Å². The molecule has 4 nitrogen and oxygen atoms in total. The molecule has 4 heteroatoms. The van der Waals surface area contributed by atoms with Crippen molar-refractivity contribution in [1.82, 2.24) is 5.32 Å². The second-order valence-electron chi connectivity index (χ2n) is 9.08. The van der Waals surface area contributed by atoms with Crippen molar-refractivity contribution >= 4 is 11.9 Å². The lowest BCUT2D eigenvalue weighted by Crippen LogP contribution is -2.45. The van der Waals surface area contributed by atoms with Crippen molar-refractivity contribution in [2.75, 3.05) is 0 Å². The molecule has 0 radical (unpaired) electrons. The first-order chi connectivity index (χ1) is 13.0. The highest BCUT2D eigenvalue weighted by atomic mass is 16.6. The van der Waals surface area contributed by atoms with Crippen LogP contribution in [0.15, 0.2) is 54.6 Å². The van der Waals surface area contributed by atoms with E-state index in [-0.39, 0.29) is 11.3 Å². The van der Waals surface area contributed by atoms with Gasteiger partial charge in [-0.2, -0.15) is 0 Å². The molecule has 0 aromatic heterocycles. The smallest absolute Gasteiger partial charge is 0.329 e. The highest BCUT2D eigenvalue weighted by Crippen LogP contribution is 2.22. The molecule has 0 saturated heterocycles. The maximum atomic E-state index is 12.8. The summed E-state index contributed by atoms with van der Waals surface area (Å²) in [5, 5.41) is 2.85. The van der Waals surface area contributed by atoms with E-state index in [1.807, 2.05) is 63.2 Å². The van der Waals surface area contributed by atoms with Gasteiger partial charge in [0.25, 0.3) is 5.91 Å². The molecule has 0 aliphatic carbocycles. The lowest BCUT2D eigenvalue weighted by molar-refractivity contribution is -0.157. The topological polar surface area (TPSA) is 55.4 Å². The maximum Gasteiger partial charge on any atom is 0.329 e. The first-order valence-electron chi connectivity index (χ1n) is 9.64.